The maximum absolute atomic E-state index is 12.4. The van der Waals surface area contributed by atoms with Gasteiger partial charge in [-0.2, -0.15) is 0 Å². The predicted octanol–water partition coefficient (Wildman–Crippen LogP) is 2.11. The summed E-state index contributed by atoms with van der Waals surface area (Å²) in [5.41, 5.74) is 10.7. The summed E-state index contributed by atoms with van der Waals surface area (Å²) in [6, 6.07) is 14.1. The zero-order valence-electron chi connectivity index (χ0n) is 15.2. The van der Waals surface area contributed by atoms with E-state index < -0.39 is 0 Å². The lowest BCUT2D eigenvalue weighted by atomic mass is 10.1. The minimum atomic E-state index is -0.279. The highest BCUT2D eigenvalue weighted by molar-refractivity contribution is 5.80. The largest absolute Gasteiger partial charge is 0.398 e. The number of rotatable bonds is 4. The van der Waals surface area contributed by atoms with Crippen LogP contribution in [-0.4, -0.2) is 16.5 Å². The molecule has 0 amide bonds. The Morgan fingerprint density at radius 1 is 1.22 bits per heavy atom. The van der Waals surface area contributed by atoms with Crippen molar-refractivity contribution in [1.82, 2.24) is 9.97 Å². The van der Waals surface area contributed by atoms with Gasteiger partial charge in [-0.05, 0) is 43.0 Å². The first kappa shape index (κ1) is 17.0. The molecule has 4 rings (SSSR count). The molecule has 1 aliphatic heterocycles. The van der Waals surface area contributed by atoms with E-state index in [9.17, 15) is 4.79 Å². The summed E-state index contributed by atoms with van der Waals surface area (Å²) in [6.07, 6.45) is 1.83. The van der Waals surface area contributed by atoms with Gasteiger partial charge in [-0.25, -0.2) is 9.98 Å². The molecule has 0 saturated carbocycles. The van der Waals surface area contributed by atoms with Crippen LogP contribution in [-0.2, 0) is 6.42 Å². The SMILES string of the molecule is C=c1nc2c(c(=O)[nH]1)=Nc1cc(C)c(N)cc1N2CCCc1ccccc1. The Morgan fingerprint density at radius 3 is 2.78 bits per heavy atom. The van der Waals surface area contributed by atoms with Crippen LogP contribution >= 0.6 is 0 Å². The third kappa shape index (κ3) is 3.21. The molecule has 2 aromatic carbocycles. The van der Waals surface area contributed by atoms with E-state index in [1.54, 1.807) is 0 Å². The molecule has 0 radical (unpaired) electrons. The maximum atomic E-state index is 12.4. The zero-order valence-corrected chi connectivity index (χ0v) is 15.2. The van der Waals surface area contributed by atoms with E-state index in [4.69, 9.17) is 5.73 Å². The molecular formula is C21H21N5O. The summed E-state index contributed by atoms with van der Waals surface area (Å²) in [7, 11) is 0. The maximum Gasteiger partial charge on any atom is 0.279 e. The van der Waals surface area contributed by atoms with Crippen molar-refractivity contribution >= 4 is 29.5 Å². The summed E-state index contributed by atoms with van der Waals surface area (Å²) in [6.45, 7) is 6.41. The number of nitrogen functional groups attached to an aromatic ring is 1. The number of fused-ring (bicyclic) bond motifs is 2. The molecule has 0 atom stereocenters. The Bertz CT molecular complexity index is 1170. The van der Waals surface area contributed by atoms with Gasteiger partial charge in [0.2, 0.25) is 0 Å². The van der Waals surface area contributed by atoms with Gasteiger partial charge in [0.05, 0.1) is 11.4 Å². The van der Waals surface area contributed by atoms with E-state index in [-0.39, 0.29) is 5.56 Å². The van der Waals surface area contributed by atoms with Gasteiger partial charge in [0, 0.05) is 12.2 Å². The Hall–Kier alpha value is -3.41. The van der Waals surface area contributed by atoms with Crippen LogP contribution in [0.25, 0.3) is 6.58 Å². The van der Waals surface area contributed by atoms with E-state index >= 15 is 0 Å². The van der Waals surface area contributed by atoms with Crippen molar-refractivity contribution in [2.24, 2.45) is 4.99 Å². The van der Waals surface area contributed by atoms with Crippen LogP contribution in [0, 0.1) is 6.92 Å². The number of nitrogens with zero attached hydrogens (tertiary/aromatic N) is 3. The van der Waals surface area contributed by atoms with Crippen molar-refractivity contribution in [2.75, 3.05) is 17.2 Å². The minimum Gasteiger partial charge on any atom is -0.398 e. The highest BCUT2D eigenvalue weighted by Gasteiger charge is 2.23. The molecule has 136 valence electrons. The fraction of sp³-hybridized carbons (Fsp3) is 0.190. The first-order chi connectivity index (χ1) is 13.0. The van der Waals surface area contributed by atoms with Crippen LogP contribution in [0.5, 0.6) is 0 Å². The number of aromatic nitrogens is 2. The zero-order chi connectivity index (χ0) is 19.0. The summed E-state index contributed by atoms with van der Waals surface area (Å²) in [4.78, 5) is 26.1. The number of benzene rings is 2. The molecule has 0 spiro atoms. The van der Waals surface area contributed by atoms with Gasteiger partial charge in [0.15, 0.2) is 11.2 Å². The molecule has 1 aromatic heterocycles. The number of aromatic amines is 1. The average Bonchev–Trinajstić information content (AvgIpc) is 2.64. The predicted molar refractivity (Wildman–Crippen MR) is 108 cm³/mol. The van der Waals surface area contributed by atoms with Crippen LogP contribution < -0.4 is 27.0 Å². The van der Waals surface area contributed by atoms with Crippen molar-refractivity contribution in [3.63, 3.8) is 0 Å². The topological polar surface area (TPSA) is 87.4 Å². The second-order valence-corrected chi connectivity index (χ2v) is 6.73. The number of hydrogen-bond acceptors (Lipinski definition) is 5. The van der Waals surface area contributed by atoms with Crippen molar-refractivity contribution in [3.8, 4) is 0 Å². The number of H-pyrrole nitrogens is 1. The van der Waals surface area contributed by atoms with Crippen LogP contribution in [0.3, 0.4) is 0 Å². The van der Waals surface area contributed by atoms with Gasteiger partial charge in [0.1, 0.15) is 5.48 Å². The van der Waals surface area contributed by atoms with E-state index in [0.29, 0.717) is 28.9 Å². The smallest absolute Gasteiger partial charge is 0.279 e. The second-order valence-electron chi connectivity index (χ2n) is 6.73. The highest BCUT2D eigenvalue weighted by Crippen LogP contribution is 2.37. The number of anilines is 3. The fourth-order valence-corrected chi connectivity index (χ4v) is 3.34. The van der Waals surface area contributed by atoms with Gasteiger partial charge < -0.3 is 15.6 Å². The Labute approximate surface area is 156 Å². The van der Waals surface area contributed by atoms with Gasteiger partial charge in [0.25, 0.3) is 5.56 Å². The molecule has 6 nitrogen and oxygen atoms in total. The van der Waals surface area contributed by atoms with Crippen molar-refractivity contribution in [2.45, 2.75) is 19.8 Å². The minimum absolute atomic E-state index is 0.279. The first-order valence-corrected chi connectivity index (χ1v) is 8.92. The molecule has 6 heteroatoms. The lowest BCUT2D eigenvalue weighted by Gasteiger charge is -2.28. The molecule has 3 aromatic rings. The quantitative estimate of drug-likeness (QED) is 0.699. The van der Waals surface area contributed by atoms with Crippen LogP contribution in [0.2, 0.25) is 0 Å². The van der Waals surface area contributed by atoms with Gasteiger partial charge >= 0.3 is 0 Å². The summed E-state index contributed by atoms with van der Waals surface area (Å²) < 4.78 is 0. The molecule has 1 aliphatic rings. The first-order valence-electron chi connectivity index (χ1n) is 8.92. The highest BCUT2D eigenvalue weighted by atomic mass is 16.1. The molecule has 3 N–H and O–H groups in total. The van der Waals surface area contributed by atoms with Crippen molar-refractivity contribution in [3.05, 3.63) is 74.8 Å². The monoisotopic (exact) mass is 359 g/mol. The standard InChI is InChI=1S/C21H21N5O/c1-13-11-17-18(12-16(13)22)26(10-6-9-15-7-4-3-5-8-15)20-19(25-17)21(27)24-14(2)23-20/h3-5,7-8,11-12H,2,6,9-10,22H2,1H3,(H,24,27). The third-order valence-corrected chi connectivity index (χ3v) is 4.76. The molecular weight excluding hydrogens is 338 g/mol. The third-order valence-electron chi connectivity index (χ3n) is 4.76. The van der Waals surface area contributed by atoms with E-state index in [1.165, 1.54) is 5.56 Å². The fourth-order valence-electron chi connectivity index (χ4n) is 3.34. The van der Waals surface area contributed by atoms with Gasteiger partial charge in [-0.1, -0.05) is 36.9 Å². The Kier molecular flexibility index (Phi) is 4.24. The molecule has 0 bridgehead atoms. The van der Waals surface area contributed by atoms with Crippen LogP contribution in [0.1, 0.15) is 17.5 Å². The van der Waals surface area contributed by atoms with Crippen molar-refractivity contribution < 1.29 is 0 Å². The number of aryl methyl sites for hydroxylation is 2. The van der Waals surface area contributed by atoms with E-state index in [2.05, 4.69) is 33.7 Å². The van der Waals surface area contributed by atoms with Gasteiger partial charge in [-0.15, -0.1) is 0 Å². The average molecular weight is 359 g/mol. The number of nitrogens with one attached hydrogen (secondary N) is 1. The lowest BCUT2D eigenvalue weighted by molar-refractivity contribution is 0.784. The van der Waals surface area contributed by atoms with Crippen LogP contribution in [0.4, 0.5) is 22.9 Å². The second kappa shape index (κ2) is 6.72. The van der Waals surface area contributed by atoms with Crippen LogP contribution in [0.15, 0.2) is 52.3 Å². The molecule has 0 saturated heterocycles. The summed E-state index contributed by atoms with van der Waals surface area (Å²) in [5.74, 6) is 0.535. The molecule has 2 heterocycles. The molecule has 27 heavy (non-hydrogen) atoms. The number of nitrogens with two attached hydrogens (primary N) is 1. The van der Waals surface area contributed by atoms with E-state index in [0.717, 1.165) is 29.8 Å². The molecule has 0 fully saturated rings. The molecule has 0 unspecified atom stereocenters. The van der Waals surface area contributed by atoms with E-state index in [1.807, 2.05) is 42.2 Å². The Morgan fingerprint density at radius 2 is 2.00 bits per heavy atom. The summed E-state index contributed by atoms with van der Waals surface area (Å²) in [5, 5.41) is 0.318. The normalized spacial score (nSPS) is 12.3. The summed E-state index contributed by atoms with van der Waals surface area (Å²) >= 11 is 0. The van der Waals surface area contributed by atoms with Gasteiger partial charge in [-0.3, -0.25) is 4.79 Å². The Balaban J connectivity index is 1.76. The lowest BCUT2D eigenvalue weighted by Crippen LogP contribution is -2.42. The molecule has 0 aliphatic carbocycles. The van der Waals surface area contributed by atoms with Crippen molar-refractivity contribution in [1.29, 1.82) is 0 Å². The number of hydrogen-bond donors (Lipinski definition) is 2.